The van der Waals surface area contributed by atoms with Crippen molar-refractivity contribution < 1.29 is 18.7 Å². The highest BCUT2D eigenvalue weighted by Gasteiger charge is 2.16. The molecule has 0 saturated heterocycles. The summed E-state index contributed by atoms with van der Waals surface area (Å²) in [6, 6.07) is 12.4. The molecule has 2 rings (SSSR count). The number of ketones is 1. The van der Waals surface area contributed by atoms with E-state index in [9.17, 15) is 9.18 Å². The summed E-state index contributed by atoms with van der Waals surface area (Å²) in [5.41, 5.74) is 0.542. The summed E-state index contributed by atoms with van der Waals surface area (Å²) < 4.78 is 23.3. The van der Waals surface area contributed by atoms with Gasteiger partial charge in [0.15, 0.2) is 6.10 Å². The van der Waals surface area contributed by atoms with E-state index in [1.807, 2.05) is 0 Å². The molecule has 0 spiro atoms. The lowest BCUT2D eigenvalue weighted by Crippen LogP contribution is -2.23. The first kappa shape index (κ1) is 14.1. The Bertz CT molecular complexity index is 576. The van der Waals surface area contributed by atoms with E-state index in [1.165, 1.54) is 24.3 Å². The molecule has 1 atom stereocenters. The molecule has 0 aliphatic rings. The number of benzene rings is 2. The van der Waals surface area contributed by atoms with Gasteiger partial charge in [-0.3, -0.25) is 4.79 Å². The van der Waals surface area contributed by atoms with Crippen LogP contribution in [-0.2, 0) is 0 Å². The van der Waals surface area contributed by atoms with Crippen LogP contribution < -0.4 is 9.47 Å². The minimum absolute atomic E-state index is 0.142. The van der Waals surface area contributed by atoms with Crippen LogP contribution in [0.25, 0.3) is 0 Å². The van der Waals surface area contributed by atoms with Crippen molar-refractivity contribution in [2.45, 2.75) is 13.0 Å². The fraction of sp³-hybridized carbons (Fsp3) is 0.188. The molecule has 0 radical (unpaired) electrons. The van der Waals surface area contributed by atoms with E-state index >= 15 is 0 Å². The van der Waals surface area contributed by atoms with Crippen LogP contribution in [0.4, 0.5) is 4.39 Å². The van der Waals surface area contributed by atoms with E-state index in [0.29, 0.717) is 17.1 Å². The van der Waals surface area contributed by atoms with Gasteiger partial charge in [0, 0.05) is 5.56 Å². The third-order valence-electron chi connectivity index (χ3n) is 2.87. The molecule has 0 bridgehead atoms. The molecule has 0 aliphatic carbocycles. The Balaban J connectivity index is 2.05. The molecule has 4 heteroatoms. The molecule has 0 N–H and O–H groups in total. The van der Waals surface area contributed by atoms with Crippen molar-refractivity contribution in [1.29, 1.82) is 0 Å². The van der Waals surface area contributed by atoms with Gasteiger partial charge >= 0.3 is 0 Å². The third-order valence-corrected chi connectivity index (χ3v) is 2.87. The number of carbonyl (C=O) groups is 1. The maximum absolute atomic E-state index is 12.8. The summed E-state index contributed by atoms with van der Waals surface area (Å²) in [6.45, 7) is 1.66. The van der Waals surface area contributed by atoms with Gasteiger partial charge in [0.25, 0.3) is 0 Å². The van der Waals surface area contributed by atoms with Crippen molar-refractivity contribution in [1.82, 2.24) is 0 Å². The predicted octanol–water partition coefficient (Wildman–Crippen LogP) is 3.48. The van der Waals surface area contributed by atoms with Crippen LogP contribution >= 0.6 is 0 Å². The normalized spacial score (nSPS) is 11.8. The lowest BCUT2D eigenvalue weighted by Gasteiger charge is -2.13. The Morgan fingerprint density at radius 1 is 1.00 bits per heavy atom. The molecule has 104 valence electrons. The molecule has 0 fully saturated rings. The molecular weight excluding hydrogens is 259 g/mol. The van der Waals surface area contributed by atoms with Gasteiger partial charge in [-0.15, -0.1) is 0 Å². The van der Waals surface area contributed by atoms with Gasteiger partial charge in [-0.05, 0) is 55.5 Å². The average molecular weight is 274 g/mol. The number of ether oxygens (including phenoxy) is 2. The van der Waals surface area contributed by atoms with Gasteiger partial charge in [-0.1, -0.05) is 0 Å². The number of hydrogen-bond acceptors (Lipinski definition) is 3. The summed E-state index contributed by atoms with van der Waals surface area (Å²) in [5.74, 6) is 0.665. The molecule has 0 heterocycles. The number of rotatable bonds is 5. The summed E-state index contributed by atoms with van der Waals surface area (Å²) in [4.78, 5) is 12.2. The number of Topliss-reactive ketones (excluding diaryl/α,β-unsaturated/α-hetero) is 1. The van der Waals surface area contributed by atoms with E-state index < -0.39 is 6.10 Å². The highest BCUT2D eigenvalue weighted by Crippen LogP contribution is 2.17. The summed E-state index contributed by atoms with van der Waals surface area (Å²) in [7, 11) is 1.57. The topological polar surface area (TPSA) is 35.5 Å². The third kappa shape index (κ3) is 3.35. The number of halogens is 1. The quantitative estimate of drug-likeness (QED) is 0.783. The van der Waals surface area contributed by atoms with Crippen LogP contribution in [0.2, 0.25) is 0 Å². The fourth-order valence-electron chi connectivity index (χ4n) is 1.76. The van der Waals surface area contributed by atoms with Crippen LogP contribution in [0, 0.1) is 5.82 Å². The monoisotopic (exact) mass is 274 g/mol. The summed E-state index contributed by atoms with van der Waals surface area (Å²) in [6.07, 6.45) is -0.645. The zero-order valence-corrected chi connectivity index (χ0v) is 11.3. The molecule has 2 aromatic rings. The van der Waals surface area contributed by atoms with Crippen LogP contribution in [0.15, 0.2) is 48.5 Å². The highest BCUT2D eigenvalue weighted by atomic mass is 19.1. The summed E-state index contributed by atoms with van der Waals surface area (Å²) >= 11 is 0. The molecule has 2 aromatic carbocycles. The van der Waals surface area contributed by atoms with E-state index in [-0.39, 0.29) is 11.6 Å². The minimum Gasteiger partial charge on any atom is -0.497 e. The summed E-state index contributed by atoms with van der Waals surface area (Å²) in [5, 5.41) is 0. The number of hydrogen-bond donors (Lipinski definition) is 0. The second kappa shape index (κ2) is 6.19. The molecule has 3 nitrogen and oxygen atoms in total. The van der Waals surface area contributed by atoms with Gasteiger partial charge in [0.2, 0.25) is 5.78 Å². The van der Waals surface area contributed by atoms with Crippen LogP contribution in [0.5, 0.6) is 11.5 Å². The zero-order chi connectivity index (χ0) is 14.5. The lowest BCUT2D eigenvalue weighted by molar-refractivity contribution is 0.0818. The second-order valence-electron chi connectivity index (χ2n) is 4.31. The van der Waals surface area contributed by atoms with Crippen LogP contribution in [0.1, 0.15) is 17.3 Å². The van der Waals surface area contributed by atoms with Crippen molar-refractivity contribution in [3.63, 3.8) is 0 Å². The molecule has 1 unspecified atom stereocenters. The van der Waals surface area contributed by atoms with E-state index in [4.69, 9.17) is 9.47 Å². The Labute approximate surface area is 117 Å². The van der Waals surface area contributed by atoms with Crippen LogP contribution in [0.3, 0.4) is 0 Å². The molecule has 0 saturated carbocycles. The smallest absolute Gasteiger partial charge is 0.202 e. The SMILES string of the molecule is COc1ccc(C(=O)C(C)Oc2ccc(F)cc2)cc1. The Hall–Kier alpha value is -2.36. The van der Waals surface area contributed by atoms with E-state index in [0.717, 1.165) is 0 Å². The van der Waals surface area contributed by atoms with Gasteiger partial charge in [-0.25, -0.2) is 4.39 Å². The van der Waals surface area contributed by atoms with Gasteiger partial charge in [0.05, 0.1) is 7.11 Å². The van der Waals surface area contributed by atoms with Crippen molar-refractivity contribution >= 4 is 5.78 Å². The van der Waals surface area contributed by atoms with Crippen molar-refractivity contribution in [3.05, 3.63) is 59.9 Å². The molecular formula is C16H15FO3. The Morgan fingerprint density at radius 2 is 1.55 bits per heavy atom. The van der Waals surface area contributed by atoms with Crippen molar-refractivity contribution in [2.75, 3.05) is 7.11 Å². The predicted molar refractivity (Wildman–Crippen MR) is 73.8 cm³/mol. The van der Waals surface area contributed by atoms with Gasteiger partial charge in [-0.2, -0.15) is 0 Å². The first-order chi connectivity index (χ1) is 9.60. The molecule has 0 amide bonds. The van der Waals surface area contributed by atoms with Crippen LogP contribution in [-0.4, -0.2) is 19.0 Å². The lowest BCUT2D eigenvalue weighted by atomic mass is 10.1. The standard InChI is InChI=1S/C16H15FO3/c1-11(20-15-9-5-13(17)6-10-15)16(18)12-3-7-14(19-2)8-4-12/h3-11H,1-2H3. The minimum atomic E-state index is -0.645. The average Bonchev–Trinajstić information content (AvgIpc) is 2.49. The maximum atomic E-state index is 12.8. The van der Waals surface area contributed by atoms with Crippen molar-refractivity contribution in [2.24, 2.45) is 0 Å². The Morgan fingerprint density at radius 3 is 2.10 bits per heavy atom. The Kier molecular flexibility index (Phi) is 4.35. The first-order valence-electron chi connectivity index (χ1n) is 6.20. The first-order valence-corrected chi connectivity index (χ1v) is 6.20. The molecule has 20 heavy (non-hydrogen) atoms. The van der Waals surface area contributed by atoms with E-state index in [2.05, 4.69) is 0 Å². The van der Waals surface area contributed by atoms with Crippen molar-refractivity contribution in [3.8, 4) is 11.5 Å². The highest BCUT2D eigenvalue weighted by molar-refractivity contribution is 5.99. The molecule has 0 aliphatic heterocycles. The number of carbonyl (C=O) groups excluding carboxylic acids is 1. The number of methoxy groups -OCH3 is 1. The largest absolute Gasteiger partial charge is 0.497 e. The maximum Gasteiger partial charge on any atom is 0.202 e. The fourth-order valence-corrected chi connectivity index (χ4v) is 1.76. The van der Waals surface area contributed by atoms with E-state index in [1.54, 1.807) is 38.3 Å². The second-order valence-corrected chi connectivity index (χ2v) is 4.31. The zero-order valence-electron chi connectivity index (χ0n) is 11.3. The van der Waals surface area contributed by atoms with Gasteiger partial charge in [0.1, 0.15) is 17.3 Å². The molecule has 0 aromatic heterocycles. The van der Waals surface area contributed by atoms with Gasteiger partial charge < -0.3 is 9.47 Å².